The maximum atomic E-state index is 12.4. The summed E-state index contributed by atoms with van der Waals surface area (Å²) in [6.07, 6.45) is 0.434. The first-order chi connectivity index (χ1) is 8.39. The van der Waals surface area contributed by atoms with E-state index in [1.165, 1.54) is 0 Å². The Hall–Kier alpha value is -0.630. The van der Waals surface area contributed by atoms with E-state index in [-0.39, 0.29) is 31.0 Å². The fourth-order valence-corrected chi connectivity index (χ4v) is 4.17. The highest BCUT2D eigenvalue weighted by atomic mass is 32.2. The molecule has 0 radical (unpaired) electrons. The van der Waals surface area contributed by atoms with Crippen molar-refractivity contribution in [1.29, 1.82) is 0 Å². The maximum Gasteiger partial charge on any atom is 0.523 e. The molecular weight excluding hydrogens is 285 g/mol. The first-order valence-electron chi connectivity index (χ1n) is 5.93. The second-order valence-corrected chi connectivity index (χ2v) is 7.60. The van der Waals surface area contributed by atoms with Crippen LogP contribution in [0.25, 0.3) is 0 Å². The molecule has 2 bridgehead atoms. The number of alkyl halides is 3. The Morgan fingerprint density at radius 2 is 1.89 bits per heavy atom. The van der Waals surface area contributed by atoms with Gasteiger partial charge in [0.1, 0.15) is 5.78 Å². The Balaban J connectivity index is 2.32. The highest BCUT2D eigenvalue weighted by Gasteiger charge is 2.60. The summed E-state index contributed by atoms with van der Waals surface area (Å²) in [6.45, 7) is 3.51. The molecule has 0 heterocycles. The number of hydrogen-bond acceptors (Lipinski definition) is 4. The van der Waals surface area contributed by atoms with Gasteiger partial charge in [-0.05, 0) is 24.7 Å². The van der Waals surface area contributed by atoms with Crippen molar-refractivity contribution < 1.29 is 30.6 Å². The minimum absolute atomic E-state index is 0.145. The van der Waals surface area contributed by atoms with Crippen LogP contribution in [0.5, 0.6) is 0 Å². The topological polar surface area (TPSA) is 60.4 Å². The van der Waals surface area contributed by atoms with E-state index in [4.69, 9.17) is 0 Å². The molecule has 2 atom stereocenters. The highest BCUT2D eigenvalue weighted by molar-refractivity contribution is 7.87. The van der Waals surface area contributed by atoms with E-state index in [9.17, 15) is 26.4 Å². The van der Waals surface area contributed by atoms with Crippen molar-refractivity contribution in [3.05, 3.63) is 0 Å². The fourth-order valence-electron chi connectivity index (χ4n) is 3.41. The first-order valence-corrected chi connectivity index (χ1v) is 7.34. The monoisotopic (exact) mass is 300 g/mol. The lowest BCUT2D eigenvalue weighted by Crippen LogP contribution is -2.56. The first kappa shape index (κ1) is 14.8. The number of Topliss-reactive ketones (excluding diaryl/α,β-unsaturated/α-hetero) is 1. The van der Waals surface area contributed by atoms with Crippen LogP contribution in [0.15, 0.2) is 0 Å². The Morgan fingerprint density at radius 3 is 2.32 bits per heavy atom. The minimum atomic E-state index is -5.67. The zero-order valence-electron chi connectivity index (χ0n) is 10.6. The Morgan fingerprint density at radius 1 is 1.32 bits per heavy atom. The minimum Gasteiger partial charge on any atom is -0.299 e. The van der Waals surface area contributed by atoms with Gasteiger partial charge in [-0.25, -0.2) is 0 Å². The van der Waals surface area contributed by atoms with Gasteiger partial charge in [-0.2, -0.15) is 21.6 Å². The van der Waals surface area contributed by atoms with Gasteiger partial charge in [0, 0.05) is 12.3 Å². The van der Waals surface area contributed by atoms with E-state index in [2.05, 4.69) is 4.18 Å². The van der Waals surface area contributed by atoms with Crippen LogP contribution < -0.4 is 0 Å². The van der Waals surface area contributed by atoms with Crippen molar-refractivity contribution >= 4 is 15.9 Å². The van der Waals surface area contributed by atoms with Gasteiger partial charge < -0.3 is 0 Å². The van der Waals surface area contributed by atoms with Crippen molar-refractivity contribution in [1.82, 2.24) is 0 Å². The van der Waals surface area contributed by atoms with Crippen molar-refractivity contribution in [3.8, 4) is 0 Å². The molecule has 0 aromatic heterocycles. The van der Waals surface area contributed by atoms with Crippen LogP contribution in [0.3, 0.4) is 0 Å². The number of fused-ring (bicyclic) bond motifs is 3. The number of hydrogen-bond donors (Lipinski definition) is 0. The summed E-state index contributed by atoms with van der Waals surface area (Å²) in [5.41, 5.74) is -7.51. The van der Waals surface area contributed by atoms with Crippen molar-refractivity contribution in [2.75, 3.05) is 0 Å². The van der Waals surface area contributed by atoms with E-state index in [0.29, 0.717) is 6.42 Å². The van der Waals surface area contributed by atoms with Crippen LogP contribution in [0, 0.1) is 11.3 Å². The van der Waals surface area contributed by atoms with Crippen LogP contribution in [-0.2, 0) is 19.1 Å². The van der Waals surface area contributed by atoms with Crippen LogP contribution >= 0.6 is 0 Å². The standard InChI is InChI=1S/C11H15F3O4S/c1-9(2)6-10(4-3-7(9)8(15)5-10)18-19(16,17)11(12,13)14/h7H,3-6H2,1-2H3/t7-,10-/m1/s1. The second-order valence-electron chi connectivity index (χ2n) is 6.07. The largest absolute Gasteiger partial charge is 0.523 e. The molecular formula is C11H15F3O4S. The van der Waals surface area contributed by atoms with Crippen molar-refractivity contribution in [2.45, 2.75) is 50.6 Å². The lowest BCUT2D eigenvalue weighted by atomic mass is 9.55. The van der Waals surface area contributed by atoms with E-state index >= 15 is 0 Å². The molecule has 0 unspecified atom stereocenters. The zero-order valence-corrected chi connectivity index (χ0v) is 11.4. The summed E-state index contributed by atoms with van der Waals surface area (Å²) in [5.74, 6) is -0.425. The number of rotatable bonds is 2. The molecule has 0 saturated heterocycles. The lowest BCUT2D eigenvalue weighted by molar-refractivity contribution is -0.155. The molecule has 8 heteroatoms. The van der Waals surface area contributed by atoms with Gasteiger partial charge in [-0.1, -0.05) is 13.8 Å². The summed E-state index contributed by atoms with van der Waals surface area (Å²) in [7, 11) is -5.67. The number of carbonyl (C=O) groups is 1. The molecule has 3 rings (SSSR count). The molecule has 3 aliphatic carbocycles. The predicted octanol–water partition coefficient (Wildman–Crippen LogP) is 2.39. The second kappa shape index (κ2) is 3.94. The fraction of sp³-hybridized carbons (Fsp3) is 0.909. The molecule has 0 spiro atoms. The Kier molecular flexibility index (Phi) is 3.06. The SMILES string of the molecule is CC1(C)C[C@@]2(OS(=O)(=O)C(F)(F)F)CC[C@@H]1C(=O)C2. The van der Waals surface area contributed by atoms with E-state index in [1.54, 1.807) is 13.8 Å². The molecule has 19 heavy (non-hydrogen) atoms. The van der Waals surface area contributed by atoms with Gasteiger partial charge in [0.05, 0.1) is 5.60 Å². The molecule has 0 N–H and O–H groups in total. The van der Waals surface area contributed by atoms with Gasteiger partial charge in [-0.15, -0.1) is 0 Å². The van der Waals surface area contributed by atoms with Crippen molar-refractivity contribution in [2.24, 2.45) is 11.3 Å². The van der Waals surface area contributed by atoms with Crippen molar-refractivity contribution in [3.63, 3.8) is 0 Å². The van der Waals surface area contributed by atoms with E-state index < -0.39 is 26.6 Å². The summed E-state index contributed by atoms with van der Waals surface area (Å²) in [6, 6.07) is 0. The van der Waals surface area contributed by atoms with Crippen LogP contribution in [0.4, 0.5) is 13.2 Å². The van der Waals surface area contributed by atoms with Crippen LogP contribution in [0.1, 0.15) is 39.5 Å². The molecule has 3 saturated carbocycles. The summed E-state index contributed by atoms with van der Waals surface area (Å²) in [5, 5.41) is 0. The van der Waals surface area contributed by atoms with Gasteiger partial charge in [0.2, 0.25) is 0 Å². The van der Waals surface area contributed by atoms with E-state index in [0.717, 1.165) is 0 Å². The third kappa shape index (κ3) is 2.40. The zero-order chi connectivity index (χ0) is 14.7. The molecule has 3 fully saturated rings. The quantitative estimate of drug-likeness (QED) is 0.580. The summed E-state index contributed by atoms with van der Waals surface area (Å²) in [4.78, 5) is 11.9. The average Bonchev–Trinajstić information content (AvgIpc) is 2.10. The molecule has 0 aromatic carbocycles. The third-order valence-electron chi connectivity index (χ3n) is 4.06. The molecule has 0 aliphatic heterocycles. The maximum absolute atomic E-state index is 12.4. The molecule has 0 aromatic rings. The lowest BCUT2D eigenvalue weighted by Gasteiger charge is -2.52. The van der Waals surface area contributed by atoms with Crippen LogP contribution in [0.2, 0.25) is 0 Å². The average molecular weight is 300 g/mol. The molecule has 3 aliphatic rings. The van der Waals surface area contributed by atoms with Gasteiger partial charge in [-0.3, -0.25) is 8.98 Å². The number of carbonyl (C=O) groups excluding carboxylic acids is 1. The van der Waals surface area contributed by atoms with E-state index in [1.807, 2.05) is 0 Å². The Labute approximate surface area is 109 Å². The molecule has 4 nitrogen and oxygen atoms in total. The Bertz CT molecular complexity index is 509. The number of halogens is 3. The number of ketones is 1. The summed E-state index contributed by atoms with van der Waals surface area (Å²) < 4.78 is 64.0. The molecule has 110 valence electrons. The van der Waals surface area contributed by atoms with Gasteiger partial charge in [0.15, 0.2) is 0 Å². The normalized spacial score (nSPS) is 34.6. The third-order valence-corrected chi connectivity index (χ3v) is 5.20. The smallest absolute Gasteiger partial charge is 0.299 e. The van der Waals surface area contributed by atoms with Gasteiger partial charge in [0.25, 0.3) is 0 Å². The van der Waals surface area contributed by atoms with Gasteiger partial charge >= 0.3 is 15.6 Å². The predicted molar refractivity (Wildman–Crippen MR) is 59.5 cm³/mol. The summed E-state index contributed by atoms with van der Waals surface area (Å²) >= 11 is 0. The highest BCUT2D eigenvalue weighted by Crippen LogP contribution is 2.55. The van der Waals surface area contributed by atoms with Crippen LogP contribution in [-0.4, -0.2) is 25.3 Å². The molecule has 0 amide bonds.